The van der Waals surface area contributed by atoms with Gasteiger partial charge >= 0.3 is 0 Å². The Balaban J connectivity index is 1.24. The summed E-state index contributed by atoms with van der Waals surface area (Å²) in [4.78, 5) is 2.49. The van der Waals surface area contributed by atoms with Crippen molar-refractivity contribution in [2.24, 2.45) is 0 Å². The van der Waals surface area contributed by atoms with Crippen LogP contribution in [-0.2, 0) is 0 Å². The lowest BCUT2D eigenvalue weighted by molar-refractivity contribution is 1.18. The Morgan fingerprint density at radius 2 is 0.710 bits per heavy atom. The van der Waals surface area contributed by atoms with Crippen molar-refractivity contribution in [3.8, 4) is 61.3 Å². The summed E-state index contributed by atoms with van der Waals surface area (Å²) in [6.45, 7) is 0. The van der Waals surface area contributed by atoms with Gasteiger partial charge in [-0.05, 0) is 98.6 Å². The Morgan fingerprint density at radius 1 is 0.274 bits per heavy atom. The van der Waals surface area contributed by atoms with E-state index >= 15 is 0 Å². The summed E-state index contributed by atoms with van der Waals surface area (Å²) in [5, 5.41) is 2.40. The molecule has 2 nitrogen and oxygen atoms in total. The number of anilines is 3. The fourth-order valence-corrected chi connectivity index (χ4v) is 9.28. The highest BCUT2D eigenvalue weighted by Gasteiger charge is 2.25. The van der Waals surface area contributed by atoms with E-state index < -0.39 is 0 Å². The van der Waals surface area contributed by atoms with E-state index in [1.807, 2.05) is 0 Å². The van der Waals surface area contributed by atoms with Crippen LogP contribution in [0.4, 0.5) is 17.1 Å². The quantitative estimate of drug-likeness (QED) is 0.141. The summed E-state index contributed by atoms with van der Waals surface area (Å²) in [5.74, 6) is 0. The van der Waals surface area contributed by atoms with Crippen LogP contribution in [0.2, 0.25) is 0 Å². The van der Waals surface area contributed by atoms with Crippen LogP contribution in [0.3, 0.4) is 0 Å². The van der Waals surface area contributed by atoms with E-state index in [0.717, 1.165) is 45.0 Å². The average Bonchev–Trinajstić information content (AvgIpc) is 3.70. The fourth-order valence-electron chi connectivity index (χ4n) is 9.28. The minimum absolute atomic E-state index is 1.07. The molecule has 292 valence electrons. The van der Waals surface area contributed by atoms with E-state index in [1.54, 1.807) is 0 Å². The molecule has 10 aromatic carbocycles. The maximum absolute atomic E-state index is 2.49. The van der Waals surface area contributed by atoms with Crippen LogP contribution in [0, 0.1) is 0 Å². The molecule has 1 heterocycles. The molecule has 0 amide bonds. The van der Waals surface area contributed by atoms with Crippen molar-refractivity contribution in [1.82, 2.24) is 4.57 Å². The number of para-hydroxylation sites is 3. The number of hydrogen-bond donors (Lipinski definition) is 0. The molecule has 0 N–H and O–H groups in total. The van der Waals surface area contributed by atoms with Crippen molar-refractivity contribution < 1.29 is 0 Å². The maximum atomic E-state index is 2.49. The van der Waals surface area contributed by atoms with Gasteiger partial charge in [0, 0.05) is 27.7 Å². The van der Waals surface area contributed by atoms with Crippen LogP contribution in [0.1, 0.15) is 0 Å². The molecule has 0 radical (unpaired) electrons. The largest absolute Gasteiger partial charge is 0.309 e. The van der Waals surface area contributed by atoms with Gasteiger partial charge in [0.05, 0.1) is 22.4 Å². The van der Waals surface area contributed by atoms with Crippen LogP contribution in [-0.4, -0.2) is 4.57 Å². The number of hydrogen-bond acceptors (Lipinski definition) is 1. The normalized spacial score (nSPS) is 11.2. The first kappa shape index (κ1) is 36.8. The summed E-state index contributed by atoms with van der Waals surface area (Å²) in [5.41, 5.74) is 18.5. The van der Waals surface area contributed by atoms with Gasteiger partial charge in [0.25, 0.3) is 0 Å². The molecule has 1 aromatic heterocycles. The van der Waals surface area contributed by atoms with Gasteiger partial charge in [-0.1, -0.05) is 206 Å². The van der Waals surface area contributed by atoms with E-state index in [2.05, 4.69) is 264 Å². The first-order valence-electron chi connectivity index (χ1n) is 21.3. The molecule has 0 saturated heterocycles. The maximum Gasteiger partial charge on any atom is 0.0562 e. The zero-order valence-electron chi connectivity index (χ0n) is 34.1. The van der Waals surface area contributed by atoms with Gasteiger partial charge < -0.3 is 9.47 Å². The zero-order valence-corrected chi connectivity index (χ0v) is 34.1. The molecule has 0 saturated carbocycles. The number of nitrogens with zero attached hydrogens (tertiary/aromatic N) is 2. The highest BCUT2D eigenvalue weighted by atomic mass is 15.2. The summed E-state index contributed by atoms with van der Waals surface area (Å²) in [6, 6.07) is 92.2. The molecule has 0 bridgehead atoms. The Hall–Kier alpha value is -8.20. The predicted molar refractivity (Wildman–Crippen MR) is 263 cm³/mol. The molecule has 0 aliphatic carbocycles. The number of rotatable bonds is 9. The first-order valence-corrected chi connectivity index (χ1v) is 21.3. The lowest BCUT2D eigenvalue weighted by Crippen LogP contribution is -2.12. The number of fused-ring (bicyclic) bond motifs is 3. The molecule has 0 aliphatic rings. The first-order chi connectivity index (χ1) is 30.8. The number of aromatic nitrogens is 1. The predicted octanol–water partition coefficient (Wildman–Crippen LogP) is 16.6. The molecule has 0 atom stereocenters. The topological polar surface area (TPSA) is 8.17 Å². The van der Waals surface area contributed by atoms with E-state index in [-0.39, 0.29) is 0 Å². The highest BCUT2D eigenvalue weighted by molar-refractivity contribution is 6.17. The third-order valence-electron chi connectivity index (χ3n) is 12.0. The Labute approximate surface area is 362 Å². The lowest BCUT2D eigenvalue weighted by atomic mass is 9.86. The smallest absolute Gasteiger partial charge is 0.0562 e. The second-order valence-corrected chi connectivity index (χ2v) is 15.6. The molecule has 11 rings (SSSR count). The molecule has 0 spiro atoms. The van der Waals surface area contributed by atoms with Gasteiger partial charge in [-0.15, -0.1) is 0 Å². The van der Waals surface area contributed by atoms with Gasteiger partial charge in [0.2, 0.25) is 0 Å². The van der Waals surface area contributed by atoms with Crippen LogP contribution in [0.25, 0.3) is 83.1 Å². The summed E-state index contributed by atoms with van der Waals surface area (Å²) >= 11 is 0. The standard InChI is InChI=1S/C60H42N2/c1-5-22-43(23-6-1)48-30-13-15-33-51(48)53-41-40-47(42-55(53)52-34-16-14-31-49(52)44-24-7-2-8-25-44)62(56-36-19-17-32-50(56)45-26-9-3-10-27-45)59-39-21-38-58-60(59)54-35-18-20-37-57(54)61(58)46-28-11-4-12-29-46/h1-42H. The van der Waals surface area contributed by atoms with Crippen molar-refractivity contribution in [3.63, 3.8) is 0 Å². The van der Waals surface area contributed by atoms with Crippen molar-refractivity contribution in [2.75, 3.05) is 4.90 Å². The molecule has 0 fully saturated rings. The Morgan fingerprint density at radius 3 is 1.34 bits per heavy atom. The molecular formula is C60H42N2. The van der Waals surface area contributed by atoms with E-state index in [4.69, 9.17) is 0 Å². The van der Waals surface area contributed by atoms with Crippen molar-refractivity contribution in [2.45, 2.75) is 0 Å². The minimum atomic E-state index is 1.07. The van der Waals surface area contributed by atoms with Gasteiger partial charge in [-0.3, -0.25) is 0 Å². The molecule has 0 aliphatic heterocycles. The van der Waals surface area contributed by atoms with E-state index in [9.17, 15) is 0 Å². The summed E-state index contributed by atoms with van der Waals surface area (Å²) in [7, 11) is 0. The third kappa shape index (κ3) is 6.56. The second kappa shape index (κ2) is 16.1. The van der Waals surface area contributed by atoms with Gasteiger partial charge in [0.15, 0.2) is 0 Å². The van der Waals surface area contributed by atoms with Gasteiger partial charge in [-0.25, -0.2) is 0 Å². The van der Waals surface area contributed by atoms with E-state index in [0.29, 0.717) is 0 Å². The molecule has 0 unspecified atom stereocenters. The molecule has 2 heteroatoms. The molecular weight excluding hydrogens is 749 g/mol. The van der Waals surface area contributed by atoms with Crippen LogP contribution in [0.15, 0.2) is 255 Å². The van der Waals surface area contributed by atoms with Gasteiger partial charge in [0.1, 0.15) is 0 Å². The van der Waals surface area contributed by atoms with Crippen LogP contribution in [0.5, 0.6) is 0 Å². The summed E-state index contributed by atoms with van der Waals surface area (Å²) in [6.07, 6.45) is 0. The minimum Gasteiger partial charge on any atom is -0.309 e. The van der Waals surface area contributed by atoms with Crippen molar-refractivity contribution in [3.05, 3.63) is 255 Å². The summed E-state index contributed by atoms with van der Waals surface area (Å²) < 4.78 is 2.40. The van der Waals surface area contributed by atoms with E-state index in [1.165, 1.54) is 55.2 Å². The molecule has 62 heavy (non-hydrogen) atoms. The fraction of sp³-hybridized carbons (Fsp3) is 0. The highest BCUT2D eigenvalue weighted by Crippen LogP contribution is 2.49. The zero-order chi connectivity index (χ0) is 41.2. The van der Waals surface area contributed by atoms with Gasteiger partial charge in [-0.2, -0.15) is 0 Å². The van der Waals surface area contributed by atoms with Crippen LogP contribution >= 0.6 is 0 Å². The van der Waals surface area contributed by atoms with Crippen LogP contribution < -0.4 is 4.90 Å². The Bertz CT molecular complexity index is 3330. The monoisotopic (exact) mass is 790 g/mol. The third-order valence-corrected chi connectivity index (χ3v) is 12.0. The SMILES string of the molecule is c1ccc(-c2ccccc2-c2ccc(N(c3ccccc3-c3ccccc3)c3cccc4c3c3ccccc3n4-c3ccccc3)cc2-c2ccccc2-c2ccccc2)cc1. The number of benzene rings is 10. The van der Waals surface area contributed by atoms with Crippen molar-refractivity contribution >= 4 is 38.9 Å². The average molecular weight is 791 g/mol. The van der Waals surface area contributed by atoms with Crippen molar-refractivity contribution in [1.29, 1.82) is 0 Å². The molecule has 11 aromatic rings. The lowest BCUT2D eigenvalue weighted by Gasteiger charge is -2.30. The second-order valence-electron chi connectivity index (χ2n) is 15.6. The Kier molecular flexibility index (Phi) is 9.57.